The monoisotopic (exact) mass is 316 g/mol. The maximum absolute atomic E-state index is 12.5. The van der Waals surface area contributed by atoms with Gasteiger partial charge in [-0.2, -0.15) is 9.40 Å². The van der Waals surface area contributed by atoms with E-state index in [-0.39, 0.29) is 11.0 Å². The molecule has 0 aromatic carbocycles. The van der Waals surface area contributed by atoms with E-state index in [1.54, 1.807) is 10.9 Å². The molecule has 2 N–H and O–H groups in total. The van der Waals surface area contributed by atoms with Gasteiger partial charge in [0.2, 0.25) is 10.0 Å². The zero-order valence-corrected chi connectivity index (χ0v) is 13.3. The number of aryl methyl sites for hydroxylation is 1. The van der Waals surface area contributed by atoms with Gasteiger partial charge in [-0.1, -0.05) is 0 Å². The van der Waals surface area contributed by atoms with Crippen LogP contribution in [0.2, 0.25) is 0 Å². The van der Waals surface area contributed by atoms with Gasteiger partial charge in [-0.25, -0.2) is 8.42 Å². The van der Waals surface area contributed by atoms with Crippen LogP contribution in [0.1, 0.15) is 26.2 Å². The molecule has 0 aliphatic carbocycles. The fourth-order valence-electron chi connectivity index (χ4n) is 2.48. The van der Waals surface area contributed by atoms with Crippen molar-refractivity contribution in [1.29, 1.82) is 0 Å². The Bertz CT molecular complexity index is 535. The molecule has 0 unspecified atom stereocenters. The van der Waals surface area contributed by atoms with E-state index in [2.05, 4.69) is 5.10 Å². The van der Waals surface area contributed by atoms with Crippen molar-refractivity contribution in [3.05, 3.63) is 12.4 Å². The fraction of sp³-hybridized carbons (Fsp3) is 0.769. The van der Waals surface area contributed by atoms with Gasteiger partial charge in [0.15, 0.2) is 0 Å². The summed E-state index contributed by atoms with van der Waals surface area (Å²) in [6.45, 7) is 4.83. The Morgan fingerprint density at radius 2 is 2.14 bits per heavy atom. The Morgan fingerprint density at radius 1 is 1.43 bits per heavy atom. The number of hydrogen-bond donors (Lipinski definition) is 1. The molecule has 1 fully saturated rings. The third-order valence-corrected chi connectivity index (χ3v) is 5.49. The number of aromatic nitrogens is 2. The first kappa shape index (κ1) is 16.4. The van der Waals surface area contributed by atoms with Gasteiger partial charge in [-0.3, -0.25) is 4.68 Å². The number of sulfonamides is 1. The Morgan fingerprint density at radius 3 is 2.76 bits per heavy atom. The normalized spacial score (nSPS) is 18.2. The highest BCUT2D eigenvalue weighted by molar-refractivity contribution is 7.89. The van der Waals surface area contributed by atoms with Gasteiger partial charge in [-0.05, 0) is 32.7 Å². The van der Waals surface area contributed by atoms with Crippen molar-refractivity contribution in [2.45, 2.75) is 43.7 Å². The molecule has 1 aliphatic rings. The molecule has 2 heterocycles. The van der Waals surface area contributed by atoms with Crippen molar-refractivity contribution in [2.24, 2.45) is 5.73 Å². The van der Waals surface area contributed by atoms with Crippen LogP contribution < -0.4 is 5.73 Å². The van der Waals surface area contributed by atoms with Crippen molar-refractivity contribution in [1.82, 2.24) is 14.1 Å². The first-order chi connectivity index (χ1) is 10.1. The molecule has 8 heteroatoms. The summed E-state index contributed by atoms with van der Waals surface area (Å²) in [5, 5.41) is 4.09. The quantitative estimate of drug-likeness (QED) is 0.787. The third kappa shape index (κ3) is 4.03. The van der Waals surface area contributed by atoms with Gasteiger partial charge in [-0.15, -0.1) is 0 Å². The molecule has 1 aromatic rings. The van der Waals surface area contributed by atoms with Gasteiger partial charge in [0.25, 0.3) is 0 Å². The second-order valence-electron chi connectivity index (χ2n) is 5.14. The molecular formula is C13H24N4O3S. The lowest BCUT2D eigenvalue weighted by Gasteiger charge is -2.30. The molecule has 1 aliphatic heterocycles. The molecule has 0 saturated carbocycles. The highest BCUT2D eigenvalue weighted by Gasteiger charge is 2.30. The number of ether oxygens (including phenoxy) is 1. The van der Waals surface area contributed by atoms with Crippen LogP contribution >= 0.6 is 0 Å². The van der Waals surface area contributed by atoms with Crippen molar-refractivity contribution < 1.29 is 13.2 Å². The van der Waals surface area contributed by atoms with Crippen molar-refractivity contribution in [3.8, 4) is 0 Å². The number of piperidine rings is 1. The summed E-state index contributed by atoms with van der Waals surface area (Å²) in [5.41, 5.74) is 5.44. The van der Waals surface area contributed by atoms with Crippen LogP contribution in [0, 0.1) is 0 Å². The summed E-state index contributed by atoms with van der Waals surface area (Å²) in [5.74, 6) is 0. The summed E-state index contributed by atoms with van der Waals surface area (Å²) < 4.78 is 33.8. The highest BCUT2D eigenvalue weighted by atomic mass is 32.2. The molecule has 0 spiro atoms. The Labute approximate surface area is 126 Å². The van der Waals surface area contributed by atoms with Gasteiger partial charge in [0.05, 0.1) is 12.3 Å². The average molecular weight is 316 g/mol. The maximum atomic E-state index is 12.5. The largest absolute Gasteiger partial charge is 0.378 e. The van der Waals surface area contributed by atoms with Crippen molar-refractivity contribution >= 4 is 10.0 Å². The van der Waals surface area contributed by atoms with E-state index in [4.69, 9.17) is 10.5 Å². The first-order valence-corrected chi connectivity index (χ1v) is 8.86. The van der Waals surface area contributed by atoms with Crippen LogP contribution in [-0.2, 0) is 21.3 Å². The van der Waals surface area contributed by atoms with E-state index in [0.29, 0.717) is 32.8 Å². The minimum absolute atomic E-state index is 0.175. The maximum Gasteiger partial charge on any atom is 0.246 e. The zero-order chi connectivity index (χ0) is 15.3. The number of hydrogen-bond acceptors (Lipinski definition) is 5. The van der Waals surface area contributed by atoms with Crippen molar-refractivity contribution in [3.63, 3.8) is 0 Å². The number of nitrogens with zero attached hydrogens (tertiary/aromatic N) is 3. The summed E-state index contributed by atoms with van der Waals surface area (Å²) in [6.07, 6.45) is 5.44. The van der Waals surface area contributed by atoms with Crippen LogP contribution in [-0.4, -0.2) is 54.8 Å². The molecule has 0 amide bonds. The summed E-state index contributed by atoms with van der Waals surface area (Å²) in [4.78, 5) is 0.259. The predicted molar refractivity (Wildman–Crippen MR) is 79.3 cm³/mol. The molecule has 0 radical (unpaired) electrons. The lowest BCUT2D eigenvalue weighted by molar-refractivity contribution is 0.0290. The molecule has 120 valence electrons. The molecule has 1 saturated heterocycles. The van der Waals surface area contributed by atoms with Crippen LogP contribution in [0.4, 0.5) is 0 Å². The smallest absolute Gasteiger partial charge is 0.246 e. The lowest BCUT2D eigenvalue weighted by atomic mass is 10.1. The number of nitrogens with two attached hydrogens (primary N) is 1. The van der Waals surface area contributed by atoms with E-state index in [1.807, 2.05) is 6.92 Å². The summed E-state index contributed by atoms with van der Waals surface area (Å²) in [6, 6.07) is 0. The summed E-state index contributed by atoms with van der Waals surface area (Å²) >= 11 is 0. The van der Waals surface area contributed by atoms with Crippen molar-refractivity contribution in [2.75, 3.05) is 26.2 Å². The molecule has 0 bridgehead atoms. The van der Waals surface area contributed by atoms with Gasteiger partial charge < -0.3 is 10.5 Å². The molecule has 21 heavy (non-hydrogen) atoms. The Kier molecular flexibility index (Phi) is 5.74. The minimum Gasteiger partial charge on any atom is -0.378 e. The number of rotatable bonds is 7. The Balaban J connectivity index is 2.00. The molecule has 0 atom stereocenters. The fourth-order valence-corrected chi connectivity index (χ4v) is 3.90. The van der Waals surface area contributed by atoms with E-state index in [9.17, 15) is 8.42 Å². The van der Waals surface area contributed by atoms with E-state index in [1.165, 1.54) is 10.5 Å². The molecule has 2 rings (SSSR count). The second-order valence-corrected chi connectivity index (χ2v) is 7.08. The first-order valence-electron chi connectivity index (χ1n) is 7.42. The van der Waals surface area contributed by atoms with E-state index < -0.39 is 10.0 Å². The molecule has 7 nitrogen and oxygen atoms in total. The predicted octanol–water partition coefficient (Wildman–Crippen LogP) is 0.422. The zero-order valence-electron chi connectivity index (χ0n) is 12.4. The Hall–Kier alpha value is -0.960. The SMILES string of the molecule is CCOC1CCN(S(=O)(=O)c2cnn(CCCN)c2)CC1. The van der Waals surface area contributed by atoms with Gasteiger partial charge in [0.1, 0.15) is 4.90 Å². The second kappa shape index (κ2) is 7.35. The van der Waals surface area contributed by atoms with E-state index >= 15 is 0 Å². The topological polar surface area (TPSA) is 90.5 Å². The third-order valence-electron chi connectivity index (χ3n) is 3.64. The van der Waals surface area contributed by atoms with Gasteiger partial charge >= 0.3 is 0 Å². The highest BCUT2D eigenvalue weighted by Crippen LogP contribution is 2.21. The average Bonchev–Trinajstić information content (AvgIpc) is 2.96. The molecular weight excluding hydrogens is 292 g/mol. The van der Waals surface area contributed by atoms with Crippen LogP contribution in [0.15, 0.2) is 17.3 Å². The standard InChI is InChI=1S/C13H24N4O3S/c1-2-20-12-4-8-17(9-5-12)21(18,19)13-10-15-16(11-13)7-3-6-14/h10-12H,2-9,14H2,1H3. The molecule has 1 aromatic heterocycles. The lowest BCUT2D eigenvalue weighted by Crippen LogP contribution is -2.40. The van der Waals surface area contributed by atoms with Crippen LogP contribution in [0.5, 0.6) is 0 Å². The van der Waals surface area contributed by atoms with Crippen LogP contribution in [0.25, 0.3) is 0 Å². The van der Waals surface area contributed by atoms with E-state index in [0.717, 1.165) is 19.3 Å². The minimum atomic E-state index is -3.44. The van der Waals surface area contributed by atoms with Crippen LogP contribution in [0.3, 0.4) is 0 Å². The summed E-state index contributed by atoms with van der Waals surface area (Å²) in [7, 11) is -3.44. The van der Waals surface area contributed by atoms with Gasteiger partial charge in [0, 0.05) is 32.4 Å².